The van der Waals surface area contributed by atoms with E-state index in [-0.39, 0.29) is 0 Å². The SMILES string of the molecule is CC1CN(C[C@@H]2CCCN2)CCO1. The molecule has 13 heavy (non-hydrogen) atoms. The van der Waals surface area contributed by atoms with Gasteiger partial charge in [0.05, 0.1) is 12.7 Å². The van der Waals surface area contributed by atoms with Gasteiger partial charge >= 0.3 is 0 Å². The van der Waals surface area contributed by atoms with E-state index in [1.807, 2.05) is 0 Å². The third-order valence-corrected chi connectivity index (χ3v) is 2.97. The van der Waals surface area contributed by atoms with Gasteiger partial charge in [0.25, 0.3) is 0 Å². The maximum atomic E-state index is 5.51. The summed E-state index contributed by atoms with van der Waals surface area (Å²) in [7, 11) is 0. The van der Waals surface area contributed by atoms with Crippen LogP contribution in [0.15, 0.2) is 0 Å². The molecule has 2 saturated heterocycles. The molecule has 0 saturated carbocycles. The second kappa shape index (κ2) is 4.40. The van der Waals surface area contributed by atoms with Gasteiger partial charge in [0.15, 0.2) is 0 Å². The minimum absolute atomic E-state index is 0.426. The molecule has 0 aromatic carbocycles. The van der Waals surface area contributed by atoms with E-state index in [1.54, 1.807) is 0 Å². The minimum atomic E-state index is 0.426. The van der Waals surface area contributed by atoms with Gasteiger partial charge in [-0.2, -0.15) is 0 Å². The Morgan fingerprint density at radius 1 is 1.54 bits per heavy atom. The molecule has 0 aromatic heterocycles. The predicted molar refractivity (Wildman–Crippen MR) is 52.9 cm³/mol. The quantitative estimate of drug-likeness (QED) is 0.675. The number of ether oxygens (including phenoxy) is 1. The van der Waals surface area contributed by atoms with E-state index >= 15 is 0 Å². The Hall–Kier alpha value is -0.120. The molecule has 3 nitrogen and oxygen atoms in total. The van der Waals surface area contributed by atoms with Gasteiger partial charge in [-0.25, -0.2) is 0 Å². The highest BCUT2D eigenvalue weighted by atomic mass is 16.5. The van der Waals surface area contributed by atoms with Gasteiger partial charge in [0.2, 0.25) is 0 Å². The molecule has 2 aliphatic heterocycles. The fourth-order valence-electron chi connectivity index (χ4n) is 2.28. The van der Waals surface area contributed by atoms with Gasteiger partial charge in [-0.05, 0) is 26.3 Å². The van der Waals surface area contributed by atoms with E-state index in [2.05, 4.69) is 17.1 Å². The number of rotatable bonds is 2. The van der Waals surface area contributed by atoms with Crippen molar-refractivity contribution in [1.29, 1.82) is 0 Å². The van der Waals surface area contributed by atoms with E-state index in [0.29, 0.717) is 6.10 Å². The van der Waals surface area contributed by atoms with Gasteiger partial charge in [-0.15, -0.1) is 0 Å². The van der Waals surface area contributed by atoms with Crippen molar-refractivity contribution < 1.29 is 4.74 Å². The first-order valence-electron chi connectivity index (χ1n) is 5.42. The summed E-state index contributed by atoms with van der Waals surface area (Å²) in [4.78, 5) is 2.52. The van der Waals surface area contributed by atoms with Gasteiger partial charge in [-0.1, -0.05) is 0 Å². The first-order valence-corrected chi connectivity index (χ1v) is 5.42. The largest absolute Gasteiger partial charge is 0.376 e. The molecule has 0 spiro atoms. The molecule has 2 aliphatic rings. The molecule has 2 fully saturated rings. The van der Waals surface area contributed by atoms with Crippen LogP contribution in [0, 0.1) is 0 Å². The van der Waals surface area contributed by atoms with Gasteiger partial charge in [0.1, 0.15) is 0 Å². The Kier molecular flexibility index (Phi) is 3.19. The molecule has 1 N–H and O–H groups in total. The van der Waals surface area contributed by atoms with Crippen molar-refractivity contribution in [3.63, 3.8) is 0 Å². The Bertz CT molecular complexity index is 157. The van der Waals surface area contributed by atoms with Crippen LogP contribution in [0.5, 0.6) is 0 Å². The van der Waals surface area contributed by atoms with Crippen LogP contribution in [0.3, 0.4) is 0 Å². The number of nitrogens with one attached hydrogen (secondary N) is 1. The highest BCUT2D eigenvalue weighted by Gasteiger charge is 2.21. The van der Waals surface area contributed by atoms with Crippen LogP contribution < -0.4 is 5.32 Å². The zero-order valence-electron chi connectivity index (χ0n) is 8.46. The lowest BCUT2D eigenvalue weighted by molar-refractivity contribution is -0.0204. The summed E-state index contributed by atoms with van der Waals surface area (Å²) in [5.41, 5.74) is 0. The lowest BCUT2D eigenvalue weighted by Crippen LogP contribution is -2.46. The molecule has 2 heterocycles. The van der Waals surface area contributed by atoms with Crippen molar-refractivity contribution in [1.82, 2.24) is 10.2 Å². The maximum Gasteiger partial charge on any atom is 0.0674 e. The third-order valence-electron chi connectivity index (χ3n) is 2.97. The van der Waals surface area contributed by atoms with Gasteiger partial charge in [0, 0.05) is 25.7 Å². The van der Waals surface area contributed by atoms with Crippen molar-refractivity contribution in [2.75, 3.05) is 32.8 Å². The molecule has 1 unspecified atom stereocenters. The molecule has 0 bridgehead atoms. The second-order valence-electron chi connectivity index (χ2n) is 4.23. The number of hydrogen-bond acceptors (Lipinski definition) is 3. The van der Waals surface area contributed by atoms with Gasteiger partial charge in [-0.3, -0.25) is 4.90 Å². The Morgan fingerprint density at radius 2 is 2.46 bits per heavy atom. The van der Waals surface area contributed by atoms with Crippen molar-refractivity contribution >= 4 is 0 Å². The monoisotopic (exact) mass is 184 g/mol. The normalized spacial score (nSPS) is 36.7. The summed E-state index contributed by atoms with van der Waals surface area (Å²) in [6.45, 7) is 7.72. The first kappa shape index (κ1) is 9.44. The summed E-state index contributed by atoms with van der Waals surface area (Å²) in [5.74, 6) is 0. The zero-order valence-corrected chi connectivity index (χ0v) is 8.46. The minimum Gasteiger partial charge on any atom is -0.376 e. The van der Waals surface area contributed by atoms with Crippen LogP contribution in [0.1, 0.15) is 19.8 Å². The predicted octanol–water partition coefficient (Wildman–Crippen LogP) is 0.459. The highest BCUT2D eigenvalue weighted by molar-refractivity contribution is 4.79. The van der Waals surface area contributed by atoms with Crippen molar-refractivity contribution in [2.24, 2.45) is 0 Å². The van der Waals surface area contributed by atoms with Crippen molar-refractivity contribution in [2.45, 2.75) is 31.9 Å². The lowest BCUT2D eigenvalue weighted by atomic mass is 10.2. The topological polar surface area (TPSA) is 24.5 Å². The number of morpholine rings is 1. The number of hydrogen-bond donors (Lipinski definition) is 1. The fraction of sp³-hybridized carbons (Fsp3) is 1.00. The molecular weight excluding hydrogens is 164 g/mol. The van der Waals surface area contributed by atoms with Crippen LogP contribution in [-0.2, 0) is 4.74 Å². The summed E-state index contributed by atoms with van der Waals surface area (Å²) in [5, 5.41) is 3.54. The molecule has 2 rings (SSSR count). The Labute approximate surface area is 80.4 Å². The third kappa shape index (κ3) is 2.66. The zero-order chi connectivity index (χ0) is 9.10. The summed E-state index contributed by atoms with van der Waals surface area (Å²) >= 11 is 0. The Morgan fingerprint density at radius 3 is 3.15 bits per heavy atom. The molecule has 0 radical (unpaired) electrons. The number of nitrogens with zero attached hydrogens (tertiary/aromatic N) is 1. The molecule has 76 valence electrons. The van der Waals surface area contributed by atoms with E-state index in [0.717, 1.165) is 25.7 Å². The summed E-state index contributed by atoms with van der Waals surface area (Å²) in [6, 6.07) is 0.741. The summed E-state index contributed by atoms with van der Waals surface area (Å²) in [6.07, 6.45) is 3.13. The first-order chi connectivity index (χ1) is 6.34. The van der Waals surface area contributed by atoms with E-state index in [1.165, 1.54) is 25.9 Å². The average Bonchev–Trinajstić information content (AvgIpc) is 2.57. The fourth-order valence-corrected chi connectivity index (χ4v) is 2.28. The van der Waals surface area contributed by atoms with E-state index < -0.39 is 0 Å². The average molecular weight is 184 g/mol. The summed E-state index contributed by atoms with van der Waals surface area (Å²) < 4.78 is 5.51. The highest BCUT2D eigenvalue weighted by Crippen LogP contribution is 2.10. The molecule has 0 aromatic rings. The van der Waals surface area contributed by atoms with Crippen LogP contribution in [-0.4, -0.2) is 49.8 Å². The van der Waals surface area contributed by atoms with Crippen LogP contribution in [0.25, 0.3) is 0 Å². The molecule has 0 amide bonds. The second-order valence-corrected chi connectivity index (χ2v) is 4.23. The smallest absolute Gasteiger partial charge is 0.0674 e. The molecular formula is C10H20N2O. The van der Waals surface area contributed by atoms with Crippen LogP contribution in [0.2, 0.25) is 0 Å². The van der Waals surface area contributed by atoms with Crippen LogP contribution >= 0.6 is 0 Å². The van der Waals surface area contributed by atoms with Gasteiger partial charge < -0.3 is 10.1 Å². The molecule has 0 aliphatic carbocycles. The van der Waals surface area contributed by atoms with Crippen LogP contribution in [0.4, 0.5) is 0 Å². The standard InChI is InChI=1S/C10H20N2O/c1-9-7-12(5-6-13-9)8-10-3-2-4-11-10/h9-11H,2-8H2,1H3/t9?,10-/m0/s1. The van der Waals surface area contributed by atoms with Crippen molar-refractivity contribution in [3.05, 3.63) is 0 Å². The maximum absolute atomic E-state index is 5.51. The Balaban J connectivity index is 1.73. The molecule has 3 heteroatoms. The van der Waals surface area contributed by atoms with E-state index in [9.17, 15) is 0 Å². The molecule has 2 atom stereocenters. The lowest BCUT2D eigenvalue weighted by Gasteiger charge is -2.32. The van der Waals surface area contributed by atoms with E-state index in [4.69, 9.17) is 4.74 Å². The van der Waals surface area contributed by atoms with Crippen molar-refractivity contribution in [3.8, 4) is 0 Å².